The molecule has 166 valence electrons. The highest BCUT2D eigenvalue weighted by molar-refractivity contribution is 6.34. The number of rotatable bonds is 7. The van der Waals surface area contributed by atoms with Gasteiger partial charge in [-0.1, -0.05) is 12.1 Å². The van der Waals surface area contributed by atoms with Crippen molar-refractivity contribution in [1.29, 1.82) is 0 Å². The van der Waals surface area contributed by atoms with Crippen LogP contribution in [-0.4, -0.2) is 30.3 Å². The monoisotopic (exact) mass is 444 g/mol. The lowest BCUT2D eigenvalue weighted by molar-refractivity contribution is 0.0472. The molecule has 33 heavy (non-hydrogen) atoms. The highest BCUT2D eigenvalue weighted by atomic mass is 16.5. The second kappa shape index (κ2) is 8.96. The molecule has 0 unspecified atom stereocenters. The molecular formula is C25H20N2O6. The van der Waals surface area contributed by atoms with E-state index in [0.29, 0.717) is 29.2 Å². The molecule has 0 radical (unpaired) electrons. The number of imide groups is 1. The van der Waals surface area contributed by atoms with Gasteiger partial charge in [0, 0.05) is 5.56 Å². The van der Waals surface area contributed by atoms with E-state index in [2.05, 4.69) is 0 Å². The highest BCUT2D eigenvalue weighted by Crippen LogP contribution is 2.30. The third-order valence-electron chi connectivity index (χ3n) is 5.14. The fraction of sp³-hybridized carbons (Fsp3) is 0.120. The summed E-state index contributed by atoms with van der Waals surface area (Å²) in [5.41, 5.74) is 7.14. The molecule has 0 atom stereocenters. The molecule has 0 fully saturated rings. The first kappa shape index (κ1) is 21.8. The molecule has 0 spiro atoms. The maximum atomic E-state index is 12.9. The average Bonchev–Trinajstić information content (AvgIpc) is 3.08. The van der Waals surface area contributed by atoms with Crippen LogP contribution in [0.15, 0.2) is 66.7 Å². The zero-order valence-corrected chi connectivity index (χ0v) is 17.7. The number of anilines is 1. The van der Waals surface area contributed by atoms with Crippen molar-refractivity contribution in [2.75, 3.05) is 11.5 Å². The van der Waals surface area contributed by atoms with Crippen LogP contribution in [0.2, 0.25) is 0 Å². The van der Waals surface area contributed by atoms with Crippen molar-refractivity contribution in [1.82, 2.24) is 0 Å². The first-order valence-corrected chi connectivity index (χ1v) is 10.2. The quantitative estimate of drug-likeness (QED) is 0.441. The van der Waals surface area contributed by atoms with E-state index in [4.69, 9.17) is 15.2 Å². The molecule has 0 aliphatic carbocycles. The SMILES string of the molecule is CCOc1ccc(N2C(=O)c3ccc(C(=O)OCc4ccc(C(N)=O)cc4)cc3C2=O)cc1. The van der Waals surface area contributed by atoms with Crippen LogP contribution in [0.5, 0.6) is 5.75 Å². The summed E-state index contributed by atoms with van der Waals surface area (Å²) in [5, 5.41) is 0. The standard InChI is InChI=1S/C25H20N2O6/c1-2-32-19-10-8-18(9-11-19)27-23(29)20-12-7-17(13-21(20)24(27)30)25(31)33-14-15-3-5-16(6-4-15)22(26)28/h3-13H,2,14H2,1H3,(H2,26,28). The summed E-state index contributed by atoms with van der Waals surface area (Å²) < 4.78 is 10.7. The second-order valence-corrected chi connectivity index (χ2v) is 7.27. The molecule has 1 aliphatic rings. The van der Waals surface area contributed by atoms with E-state index in [9.17, 15) is 19.2 Å². The molecule has 0 aromatic heterocycles. The van der Waals surface area contributed by atoms with Gasteiger partial charge in [0.1, 0.15) is 12.4 Å². The van der Waals surface area contributed by atoms with Crippen LogP contribution in [0.4, 0.5) is 5.69 Å². The van der Waals surface area contributed by atoms with Gasteiger partial charge in [0.25, 0.3) is 11.8 Å². The van der Waals surface area contributed by atoms with Gasteiger partial charge < -0.3 is 15.2 Å². The highest BCUT2D eigenvalue weighted by Gasteiger charge is 2.37. The Hall–Kier alpha value is -4.46. The number of primary amides is 1. The number of fused-ring (bicyclic) bond motifs is 1. The van der Waals surface area contributed by atoms with E-state index in [-0.39, 0.29) is 23.3 Å². The van der Waals surface area contributed by atoms with Crippen molar-refractivity contribution in [3.8, 4) is 5.75 Å². The van der Waals surface area contributed by atoms with Crippen molar-refractivity contribution in [3.05, 3.63) is 94.5 Å². The fourth-order valence-electron chi connectivity index (χ4n) is 3.46. The third kappa shape index (κ3) is 4.31. The molecule has 3 aromatic carbocycles. The van der Waals surface area contributed by atoms with Crippen LogP contribution in [0, 0.1) is 0 Å². The summed E-state index contributed by atoms with van der Waals surface area (Å²) in [6.45, 7) is 2.34. The number of nitrogens with zero attached hydrogens (tertiary/aromatic N) is 1. The minimum absolute atomic E-state index is 0.0276. The number of carbonyl (C=O) groups excluding carboxylic acids is 4. The summed E-state index contributed by atoms with van der Waals surface area (Å²) in [7, 11) is 0. The van der Waals surface area contributed by atoms with Crippen molar-refractivity contribution < 1.29 is 28.7 Å². The fourth-order valence-corrected chi connectivity index (χ4v) is 3.46. The zero-order valence-electron chi connectivity index (χ0n) is 17.7. The Labute approximate surface area is 189 Å². The van der Waals surface area contributed by atoms with Gasteiger partial charge in [-0.3, -0.25) is 14.4 Å². The number of ether oxygens (including phenoxy) is 2. The maximum Gasteiger partial charge on any atom is 0.338 e. The lowest BCUT2D eigenvalue weighted by atomic mass is 10.1. The lowest BCUT2D eigenvalue weighted by Gasteiger charge is -2.14. The molecule has 3 amide bonds. The molecule has 2 N–H and O–H groups in total. The van der Waals surface area contributed by atoms with Crippen molar-refractivity contribution in [2.24, 2.45) is 5.73 Å². The Morgan fingerprint density at radius 3 is 2.12 bits per heavy atom. The van der Waals surface area contributed by atoms with Crippen LogP contribution in [-0.2, 0) is 11.3 Å². The van der Waals surface area contributed by atoms with Gasteiger partial charge >= 0.3 is 5.97 Å². The van der Waals surface area contributed by atoms with Crippen LogP contribution in [0.3, 0.4) is 0 Å². The van der Waals surface area contributed by atoms with Gasteiger partial charge in [-0.05, 0) is 67.1 Å². The minimum atomic E-state index is -0.642. The normalized spacial score (nSPS) is 12.5. The minimum Gasteiger partial charge on any atom is -0.494 e. The van der Waals surface area contributed by atoms with E-state index in [1.165, 1.54) is 18.2 Å². The average molecular weight is 444 g/mol. The smallest absolute Gasteiger partial charge is 0.338 e. The number of benzene rings is 3. The Bertz CT molecular complexity index is 1250. The Morgan fingerprint density at radius 2 is 1.48 bits per heavy atom. The molecule has 8 heteroatoms. The van der Waals surface area contributed by atoms with Gasteiger partial charge in [0.05, 0.1) is 29.0 Å². The Kier molecular flexibility index (Phi) is 5.91. The van der Waals surface area contributed by atoms with Crippen LogP contribution < -0.4 is 15.4 Å². The van der Waals surface area contributed by atoms with Gasteiger partial charge in [-0.2, -0.15) is 0 Å². The molecule has 4 rings (SSSR count). The number of carbonyl (C=O) groups is 4. The molecule has 8 nitrogen and oxygen atoms in total. The Balaban J connectivity index is 1.48. The molecule has 0 saturated carbocycles. The largest absolute Gasteiger partial charge is 0.494 e. The van der Waals surface area contributed by atoms with Crippen molar-refractivity contribution >= 4 is 29.4 Å². The number of hydrogen-bond acceptors (Lipinski definition) is 6. The molecule has 1 aliphatic heterocycles. The molecule has 3 aromatic rings. The summed E-state index contributed by atoms with van der Waals surface area (Å²) in [6, 6.07) is 17.2. The van der Waals surface area contributed by atoms with Gasteiger partial charge in [-0.25, -0.2) is 9.69 Å². The van der Waals surface area contributed by atoms with Crippen LogP contribution >= 0.6 is 0 Å². The summed E-state index contributed by atoms with van der Waals surface area (Å²) in [4.78, 5) is 50.5. The molecule has 1 heterocycles. The predicted octanol–water partition coefficient (Wildman–Crippen LogP) is 3.34. The Morgan fingerprint density at radius 1 is 0.848 bits per heavy atom. The summed E-state index contributed by atoms with van der Waals surface area (Å²) in [6.07, 6.45) is 0. The number of hydrogen-bond donors (Lipinski definition) is 1. The first-order valence-electron chi connectivity index (χ1n) is 10.2. The van der Waals surface area contributed by atoms with Gasteiger partial charge in [-0.15, -0.1) is 0 Å². The van der Waals surface area contributed by atoms with E-state index < -0.39 is 23.7 Å². The predicted molar refractivity (Wildman–Crippen MR) is 119 cm³/mol. The van der Waals surface area contributed by atoms with Gasteiger partial charge in [0.2, 0.25) is 5.91 Å². The number of esters is 1. The topological polar surface area (TPSA) is 116 Å². The molecule has 0 bridgehead atoms. The van der Waals surface area contributed by atoms with Crippen LogP contribution in [0.1, 0.15) is 53.9 Å². The van der Waals surface area contributed by atoms with E-state index in [1.54, 1.807) is 48.5 Å². The number of nitrogens with two attached hydrogens (primary N) is 1. The van der Waals surface area contributed by atoms with Crippen molar-refractivity contribution in [2.45, 2.75) is 13.5 Å². The molecule has 0 saturated heterocycles. The number of amides is 3. The lowest BCUT2D eigenvalue weighted by Crippen LogP contribution is -2.29. The first-order chi connectivity index (χ1) is 15.9. The van der Waals surface area contributed by atoms with Gasteiger partial charge in [0.15, 0.2) is 0 Å². The van der Waals surface area contributed by atoms with E-state index >= 15 is 0 Å². The van der Waals surface area contributed by atoms with Crippen LogP contribution in [0.25, 0.3) is 0 Å². The zero-order chi connectivity index (χ0) is 23.5. The summed E-state index contributed by atoms with van der Waals surface area (Å²) >= 11 is 0. The summed E-state index contributed by atoms with van der Waals surface area (Å²) in [5.74, 6) is -1.54. The third-order valence-corrected chi connectivity index (χ3v) is 5.14. The second-order valence-electron chi connectivity index (χ2n) is 7.27. The van der Waals surface area contributed by atoms with E-state index in [0.717, 1.165) is 4.90 Å². The van der Waals surface area contributed by atoms with E-state index in [1.807, 2.05) is 6.92 Å². The molecular weight excluding hydrogens is 424 g/mol. The van der Waals surface area contributed by atoms with Crippen molar-refractivity contribution in [3.63, 3.8) is 0 Å². The maximum absolute atomic E-state index is 12.9.